The molecule has 0 radical (unpaired) electrons. The molecule has 2 heterocycles. The lowest BCUT2D eigenvalue weighted by Gasteiger charge is -2.36. The Bertz CT molecular complexity index is 1340. The van der Waals surface area contributed by atoms with Crippen molar-refractivity contribution in [2.75, 3.05) is 44.2 Å². The molecule has 0 spiro atoms. The normalized spacial score (nSPS) is 14.3. The van der Waals surface area contributed by atoms with Gasteiger partial charge in [-0.05, 0) is 54.4 Å². The molecule has 36 heavy (non-hydrogen) atoms. The molecular formula is C29H31FN4O2. The number of halogens is 1. The first-order valence-electron chi connectivity index (χ1n) is 12.4. The fourth-order valence-electron chi connectivity index (χ4n) is 4.93. The largest absolute Gasteiger partial charge is 0.493 e. The number of hydrogen-bond acceptors (Lipinski definition) is 4. The van der Waals surface area contributed by atoms with Crippen molar-refractivity contribution in [2.24, 2.45) is 5.73 Å². The summed E-state index contributed by atoms with van der Waals surface area (Å²) in [5.74, 6) is -0.127. The minimum Gasteiger partial charge on any atom is -0.493 e. The Morgan fingerprint density at radius 1 is 0.944 bits per heavy atom. The summed E-state index contributed by atoms with van der Waals surface area (Å²) in [7, 11) is 0. The molecule has 5 rings (SSSR count). The number of nitrogens with two attached hydrogens (primary N) is 1. The van der Waals surface area contributed by atoms with Crippen molar-refractivity contribution < 1.29 is 13.9 Å². The second-order valence-corrected chi connectivity index (χ2v) is 9.17. The van der Waals surface area contributed by atoms with E-state index in [1.807, 2.05) is 12.1 Å². The predicted octanol–water partition coefficient (Wildman–Crippen LogP) is 4.52. The van der Waals surface area contributed by atoms with Crippen LogP contribution in [-0.2, 0) is 6.54 Å². The highest BCUT2D eigenvalue weighted by Crippen LogP contribution is 2.29. The summed E-state index contributed by atoms with van der Waals surface area (Å²) in [4.78, 5) is 16.4. The quantitative estimate of drug-likeness (QED) is 0.354. The number of primary amides is 1. The summed E-state index contributed by atoms with van der Waals surface area (Å²) in [5.41, 5.74) is 9.21. The SMILES string of the molecule is NC(=O)c1ccccc1OCCCN1CCN(c2cccc3c2ccn3Cc2cccc(F)c2)CC1. The van der Waals surface area contributed by atoms with Crippen molar-refractivity contribution in [1.29, 1.82) is 0 Å². The highest BCUT2D eigenvalue weighted by Gasteiger charge is 2.19. The Morgan fingerprint density at radius 3 is 2.56 bits per heavy atom. The molecule has 7 heteroatoms. The molecule has 0 unspecified atom stereocenters. The maximum absolute atomic E-state index is 13.6. The zero-order chi connectivity index (χ0) is 24.9. The average Bonchev–Trinajstić information content (AvgIpc) is 3.30. The molecule has 1 saturated heterocycles. The van der Waals surface area contributed by atoms with Crippen molar-refractivity contribution in [2.45, 2.75) is 13.0 Å². The van der Waals surface area contributed by atoms with E-state index in [1.165, 1.54) is 17.1 Å². The highest BCUT2D eigenvalue weighted by atomic mass is 19.1. The third-order valence-corrected chi connectivity index (χ3v) is 6.77. The fraction of sp³-hybridized carbons (Fsp3) is 0.276. The maximum atomic E-state index is 13.6. The van der Waals surface area contributed by atoms with E-state index in [4.69, 9.17) is 10.5 Å². The standard InChI is InChI=1S/C29H31FN4O2/c30-23-7-3-6-22(20-23)21-34-14-12-24-26(9-4-10-27(24)34)33-17-15-32(16-18-33)13-5-19-36-28-11-2-1-8-25(28)29(31)35/h1-4,6-12,14,20H,5,13,15-19,21H2,(H2,31,35). The Morgan fingerprint density at radius 2 is 1.75 bits per heavy atom. The molecule has 0 saturated carbocycles. The number of aromatic nitrogens is 1. The van der Waals surface area contributed by atoms with Crippen LogP contribution in [0.5, 0.6) is 5.75 Å². The molecule has 2 N–H and O–H groups in total. The van der Waals surface area contributed by atoms with Crippen LogP contribution in [0.2, 0.25) is 0 Å². The number of amides is 1. The lowest BCUT2D eigenvalue weighted by molar-refractivity contribution is 0.0996. The smallest absolute Gasteiger partial charge is 0.252 e. The molecule has 186 valence electrons. The second kappa shape index (κ2) is 10.8. The zero-order valence-corrected chi connectivity index (χ0v) is 20.3. The number of anilines is 1. The number of piperazine rings is 1. The molecule has 6 nitrogen and oxygen atoms in total. The number of para-hydroxylation sites is 1. The molecule has 1 aliphatic rings. The molecule has 1 aromatic heterocycles. The number of carbonyl (C=O) groups excluding carboxylic acids is 1. The van der Waals surface area contributed by atoms with Gasteiger partial charge in [0.25, 0.3) is 5.91 Å². The molecule has 0 aliphatic carbocycles. The van der Waals surface area contributed by atoms with Crippen molar-refractivity contribution in [1.82, 2.24) is 9.47 Å². The number of nitrogens with zero attached hydrogens (tertiary/aromatic N) is 3. The average molecular weight is 487 g/mol. The van der Waals surface area contributed by atoms with E-state index in [0.717, 1.165) is 50.2 Å². The van der Waals surface area contributed by atoms with Gasteiger partial charge in [-0.15, -0.1) is 0 Å². The van der Waals surface area contributed by atoms with Crippen LogP contribution in [0.4, 0.5) is 10.1 Å². The number of carbonyl (C=O) groups is 1. The van der Waals surface area contributed by atoms with Gasteiger partial charge in [0.2, 0.25) is 0 Å². The molecule has 1 aliphatic heterocycles. The maximum Gasteiger partial charge on any atom is 0.252 e. The van der Waals surface area contributed by atoms with Crippen molar-refractivity contribution in [3.8, 4) is 5.75 Å². The second-order valence-electron chi connectivity index (χ2n) is 9.17. The minimum absolute atomic E-state index is 0.204. The lowest BCUT2D eigenvalue weighted by atomic mass is 10.1. The van der Waals surface area contributed by atoms with Gasteiger partial charge in [-0.1, -0.05) is 30.3 Å². The van der Waals surface area contributed by atoms with Crippen molar-refractivity contribution in [3.05, 3.63) is 95.9 Å². The van der Waals surface area contributed by atoms with E-state index in [2.05, 4.69) is 44.8 Å². The Kier molecular flexibility index (Phi) is 7.18. The molecule has 4 aromatic rings. The van der Waals surface area contributed by atoms with Crippen LogP contribution in [0, 0.1) is 5.82 Å². The zero-order valence-electron chi connectivity index (χ0n) is 20.3. The van der Waals surface area contributed by atoms with Gasteiger partial charge in [0, 0.05) is 56.5 Å². The molecule has 0 bridgehead atoms. The van der Waals surface area contributed by atoms with Crippen LogP contribution < -0.4 is 15.4 Å². The Balaban J connectivity index is 1.15. The molecule has 0 atom stereocenters. The van der Waals surface area contributed by atoms with Gasteiger partial charge in [0.15, 0.2) is 0 Å². The lowest BCUT2D eigenvalue weighted by Crippen LogP contribution is -2.46. The van der Waals surface area contributed by atoms with Crippen LogP contribution in [0.15, 0.2) is 79.0 Å². The molecular weight excluding hydrogens is 455 g/mol. The van der Waals surface area contributed by atoms with E-state index in [0.29, 0.717) is 24.5 Å². The summed E-state index contributed by atoms with van der Waals surface area (Å²) in [6, 6.07) is 22.5. The van der Waals surface area contributed by atoms with E-state index >= 15 is 0 Å². The Labute approximate surface area is 210 Å². The molecule has 3 aromatic carbocycles. The number of hydrogen-bond donors (Lipinski definition) is 1. The van der Waals surface area contributed by atoms with Crippen LogP contribution in [-0.4, -0.2) is 54.7 Å². The van der Waals surface area contributed by atoms with Gasteiger partial charge < -0.3 is 19.9 Å². The first kappa shape index (κ1) is 23.9. The van der Waals surface area contributed by atoms with Gasteiger partial charge in [-0.3, -0.25) is 9.69 Å². The van der Waals surface area contributed by atoms with E-state index in [-0.39, 0.29) is 5.82 Å². The van der Waals surface area contributed by atoms with E-state index < -0.39 is 5.91 Å². The number of benzene rings is 3. The topological polar surface area (TPSA) is 63.7 Å². The Hall–Kier alpha value is -3.84. The van der Waals surface area contributed by atoms with Crippen LogP contribution in [0.25, 0.3) is 10.9 Å². The van der Waals surface area contributed by atoms with Crippen LogP contribution in [0.1, 0.15) is 22.3 Å². The minimum atomic E-state index is -0.471. The summed E-state index contributed by atoms with van der Waals surface area (Å²) < 4.78 is 21.6. The van der Waals surface area contributed by atoms with Crippen molar-refractivity contribution >= 4 is 22.5 Å². The fourth-order valence-corrected chi connectivity index (χ4v) is 4.93. The number of fused-ring (bicyclic) bond motifs is 1. The summed E-state index contributed by atoms with van der Waals surface area (Å²) in [5, 5.41) is 1.23. The van der Waals surface area contributed by atoms with E-state index in [9.17, 15) is 9.18 Å². The summed E-state index contributed by atoms with van der Waals surface area (Å²) in [6.07, 6.45) is 2.97. The predicted molar refractivity (Wildman–Crippen MR) is 141 cm³/mol. The molecule has 1 fully saturated rings. The monoisotopic (exact) mass is 486 g/mol. The number of ether oxygens (including phenoxy) is 1. The summed E-state index contributed by atoms with van der Waals surface area (Å²) >= 11 is 0. The van der Waals surface area contributed by atoms with Gasteiger partial charge in [0.05, 0.1) is 17.7 Å². The summed E-state index contributed by atoms with van der Waals surface area (Å²) in [6.45, 7) is 6.02. The van der Waals surface area contributed by atoms with Gasteiger partial charge in [-0.2, -0.15) is 0 Å². The number of rotatable bonds is 9. The molecule has 1 amide bonds. The highest BCUT2D eigenvalue weighted by molar-refractivity contribution is 5.95. The first-order chi connectivity index (χ1) is 17.6. The van der Waals surface area contributed by atoms with E-state index in [1.54, 1.807) is 30.3 Å². The van der Waals surface area contributed by atoms with Gasteiger partial charge in [-0.25, -0.2) is 4.39 Å². The van der Waals surface area contributed by atoms with Crippen LogP contribution >= 0.6 is 0 Å². The third kappa shape index (κ3) is 5.36. The van der Waals surface area contributed by atoms with Gasteiger partial charge in [0.1, 0.15) is 11.6 Å². The van der Waals surface area contributed by atoms with Crippen molar-refractivity contribution in [3.63, 3.8) is 0 Å². The van der Waals surface area contributed by atoms with Crippen LogP contribution in [0.3, 0.4) is 0 Å². The third-order valence-electron chi connectivity index (χ3n) is 6.77. The van der Waals surface area contributed by atoms with Gasteiger partial charge >= 0.3 is 0 Å². The first-order valence-corrected chi connectivity index (χ1v) is 12.4.